The molecule has 0 spiro atoms. The van der Waals surface area contributed by atoms with E-state index in [-0.39, 0.29) is 36.0 Å². The number of rotatable bonds is 11. The van der Waals surface area contributed by atoms with Crippen LogP contribution >= 0.6 is 0 Å². The van der Waals surface area contributed by atoms with Crippen molar-refractivity contribution in [1.82, 2.24) is 0 Å². The van der Waals surface area contributed by atoms with Crippen molar-refractivity contribution in [2.45, 2.75) is 51.6 Å². The van der Waals surface area contributed by atoms with Crippen molar-refractivity contribution in [2.75, 3.05) is 6.61 Å². The van der Waals surface area contributed by atoms with E-state index in [0.29, 0.717) is 35.6 Å². The second-order valence-electron chi connectivity index (χ2n) is 10.0. The van der Waals surface area contributed by atoms with E-state index < -0.39 is 47.6 Å². The van der Waals surface area contributed by atoms with Gasteiger partial charge in [0.1, 0.15) is 17.5 Å². The van der Waals surface area contributed by atoms with Crippen molar-refractivity contribution >= 4 is 10.8 Å². The van der Waals surface area contributed by atoms with Gasteiger partial charge in [0.15, 0.2) is 24.0 Å². The van der Waals surface area contributed by atoms with E-state index in [2.05, 4.69) is 4.74 Å². The van der Waals surface area contributed by atoms with Crippen molar-refractivity contribution in [1.29, 1.82) is 0 Å². The number of halogens is 8. The van der Waals surface area contributed by atoms with Crippen LogP contribution in [0.1, 0.15) is 41.2 Å². The standard InChI is InChI=1S/C33H28F8O/c1-2-3-4-5-21-15-27(34)26(28(35)16-21)13-8-20-7-12-25-24(14-20)11-10-23(31(25)38)9-6-22-17-29(36)32(30(37)18-22)42-19-33(39,40)41/h2-3,7,10-12,14-18H,4-6,8-9,13,19H2,1H3/b3-2+. The van der Waals surface area contributed by atoms with Crippen LogP contribution in [-0.2, 0) is 32.1 Å². The maximum atomic E-state index is 15.3. The lowest BCUT2D eigenvalue weighted by Gasteiger charge is -2.12. The summed E-state index contributed by atoms with van der Waals surface area (Å²) in [6.45, 7) is 0.0500. The molecule has 4 aromatic rings. The van der Waals surface area contributed by atoms with Crippen LogP contribution in [-0.4, -0.2) is 12.8 Å². The average Bonchev–Trinajstić information content (AvgIpc) is 2.91. The molecule has 0 heterocycles. The fourth-order valence-electron chi connectivity index (χ4n) is 4.79. The first-order chi connectivity index (χ1) is 19.9. The van der Waals surface area contributed by atoms with Crippen LogP contribution < -0.4 is 4.74 Å². The maximum absolute atomic E-state index is 15.3. The Morgan fingerprint density at radius 1 is 0.667 bits per heavy atom. The molecule has 0 amide bonds. The van der Waals surface area contributed by atoms with Crippen LogP contribution in [0.3, 0.4) is 0 Å². The smallest absolute Gasteiger partial charge is 0.422 e. The van der Waals surface area contributed by atoms with E-state index >= 15 is 4.39 Å². The molecule has 0 fully saturated rings. The molecule has 0 saturated heterocycles. The molecular formula is C33H28F8O. The van der Waals surface area contributed by atoms with Crippen LogP contribution in [0.2, 0.25) is 0 Å². The van der Waals surface area contributed by atoms with Gasteiger partial charge >= 0.3 is 6.18 Å². The van der Waals surface area contributed by atoms with Crippen molar-refractivity contribution in [3.8, 4) is 5.75 Å². The SMILES string of the molecule is C/C=C/CCc1cc(F)c(CCc2ccc3c(F)c(CCc4cc(F)c(OCC(F)(F)F)c(F)c4)ccc3c2)c(F)c1. The Morgan fingerprint density at radius 3 is 1.93 bits per heavy atom. The monoisotopic (exact) mass is 592 g/mol. The largest absolute Gasteiger partial charge is 0.478 e. The maximum Gasteiger partial charge on any atom is 0.422 e. The van der Waals surface area contributed by atoms with Gasteiger partial charge in [-0.05, 0) is 97.4 Å². The molecule has 42 heavy (non-hydrogen) atoms. The summed E-state index contributed by atoms with van der Waals surface area (Å²) in [5.41, 5.74) is 1.77. The lowest BCUT2D eigenvalue weighted by Crippen LogP contribution is -2.20. The Labute approximate surface area is 238 Å². The summed E-state index contributed by atoms with van der Waals surface area (Å²) in [4.78, 5) is 0. The van der Waals surface area contributed by atoms with Gasteiger partial charge in [-0.15, -0.1) is 0 Å². The van der Waals surface area contributed by atoms with Crippen molar-refractivity contribution in [2.24, 2.45) is 0 Å². The van der Waals surface area contributed by atoms with E-state index in [1.807, 2.05) is 19.1 Å². The molecule has 9 heteroatoms. The highest BCUT2D eigenvalue weighted by molar-refractivity contribution is 5.84. The van der Waals surface area contributed by atoms with Gasteiger partial charge < -0.3 is 4.74 Å². The number of aryl methyl sites for hydroxylation is 4. The quantitative estimate of drug-likeness (QED) is 0.125. The fourth-order valence-corrected chi connectivity index (χ4v) is 4.79. The molecule has 1 nitrogen and oxygen atoms in total. The summed E-state index contributed by atoms with van der Waals surface area (Å²) in [5.74, 6) is -5.38. The first kappa shape index (κ1) is 31.1. The van der Waals surface area contributed by atoms with Crippen LogP contribution in [0.4, 0.5) is 35.1 Å². The molecule has 0 N–H and O–H groups in total. The summed E-state index contributed by atoms with van der Waals surface area (Å²) < 4.78 is 114. The van der Waals surface area contributed by atoms with E-state index in [1.165, 1.54) is 12.1 Å². The van der Waals surface area contributed by atoms with Crippen molar-refractivity contribution in [3.05, 3.63) is 124 Å². The van der Waals surface area contributed by atoms with Crippen molar-refractivity contribution < 1.29 is 39.9 Å². The van der Waals surface area contributed by atoms with Crippen LogP contribution in [0.15, 0.2) is 66.7 Å². The molecule has 0 radical (unpaired) electrons. The zero-order valence-electron chi connectivity index (χ0n) is 22.7. The summed E-state index contributed by atoms with van der Waals surface area (Å²) in [6, 6.07) is 12.7. The van der Waals surface area contributed by atoms with Crippen molar-refractivity contribution in [3.63, 3.8) is 0 Å². The van der Waals surface area contributed by atoms with Crippen LogP contribution in [0, 0.1) is 29.1 Å². The first-order valence-electron chi connectivity index (χ1n) is 13.4. The molecule has 0 saturated carbocycles. The number of allylic oxidation sites excluding steroid dienone is 2. The Kier molecular flexibility index (Phi) is 9.91. The molecule has 0 atom stereocenters. The van der Waals surface area contributed by atoms with Gasteiger partial charge in [-0.3, -0.25) is 0 Å². The van der Waals surface area contributed by atoms with Gasteiger partial charge in [-0.25, -0.2) is 22.0 Å². The van der Waals surface area contributed by atoms with Gasteiger partial charge in [0, 0.05) is 10.9 Å². The number of ether oxygens (including phenoxy) is 1. The molecule has 222 valence electrons. The normalized spacial score (nSPS) is 12.0. The molecule has 0 bridgehead atoms. The molecule has 0 unspecified atom stereocenters. The van der Waals surface area contributed by atoms with E-state index in [4.69, 9.17) is 0 Å². The molecular weight excluding hydrogens is 564 g/mol. The number of benzene rings is 4. The van der Waals surface area contributed by atoms with Gasteiger partial charge in [-0.1, -0.05) is 42.5 Å². The second kappa shape index (κ2) is 13.4. The minimum Gasteiger partial charge on any atom is -0.478 e. The summed E-state index contributed by atoms with van der Waals surface area (Å²) in [7, 11) is 0. The Bertz CT molecular complexity index is 1540. The summed E-state index contributed by atoms with van der Waals surface area (Å²) >= 11 is 0. The number of fused-ring (bicyclic) bond motifs is 1. The van der Waals surface area contributed by atoms with Gasteiger partial charge in [-0.2, -0.15) is 13.2 Å². The lowest BCUT2D eigenvalue weighted by molar-refractivity contribution is -0.154. The third-order valence-corrected chi connectivity index (χ3v) is 6.92. The molecule has 0 aliphatic rings. The highest BCUT2D eigenvalue weighted by Gasteiger charge is 2.30. The highest BCUT2D eigenvalue weighted by atomic mass is 19.4. The van der Waals surface area contributed by atoms with Gasteiger partial charge in [0.05, 0.1) is 0 Å². The lowest BCUT2D eigenvalue weighted by atomic mass is 9.96. The predicted octanol–water partition coefficient (Wildman–Crippen LogP) is 9.56. The highest BCUT2D eigenvalue weighted by Crippen LogP contribution is 2.28. The van der Waals surface area contributed by atoms with Gasteiger partial charge in [0.2, 0.25) is 0 Å². The first-order valence-corrected chi connectivity index (χ1v) is 13.4. The topological polar surface area (TPSA) is 9.23 Å². The number of hydrogen-bond acceptors (Lipinski definition) is 1. The van der Waals surface area contributed by atoms with E-state index in [9.17, 15) is 30.7 Å². The average molecular weight is 593 g/mol. The zero-order valence-corrected chi connectivity index (χ0v) is 22.7. The molecule has 0 aliphatic heterocycles. The number of hydrogen-bond donors (Lipinski definition) is 0. The fraction of sp³-hybridized carbons (Fsp3) is 0.273. The third kappa shape index (κ3) is 7.89. The number of alkyl halides is 3. The zero-order chi connectivity index (χ0) is 30.4. The third-order valence-electron chi connectivity index (χ3n) is 6.92. The van der Waals surface area contributed by atoms with Crippen LogP contribution in [0.25, 0.3) is 10.8 Å². The second-order valence-corrected chi connectivity index (χ2v) is 10.0. The Morgan fingerprint density at radius 2 is 1.29 bits per heavy atom. The molecule has 4 aromatic carbocycles. The van der Waals surface area contributed by atoms with Crippen LogP contribution in [0.5, 0.6) is 5.75 Å². The minimum atomic E-state index is -4.75. The Hall–Kier alpha value is -3.88. The predicted molar refractivity (Wildman–Crippen MR) is 146 cm³/mol. The van der Waals surface area contributed by atoms with E-state index in [0.717, 1.165) is 17.7 Å². The summed E-state index contributed by atoms with van der Waals surface area (Å²) in [6.07, 6.45) is 0.868. The molecule has 0 aromatic heterocycles. The summed E-state index contributed by atoms with van der Waals surface area (Å²) in [5, 5.41) is 0.893. The minimum absolute atomic E-state index is 0.000713. The van der Waals surface area contributed by atoms with E-state index in [1.54, 1.807) is 30.3 Å². The van der Waals surface area contributed by atoms with Gasteiger partial charge in [0.25, 0.3) is 0 Å². The Balaban J connectivity index is 1.42. The molecule has 4 rings (SSSR count). The molecule has 0 aliphatic carbocycles.